The van der Waals surface area contributed by atoms with E-state index in [9.17, 15) is 4.79 Å². The van der Waals surface area contributed by atoms with Gasteiger partial charge in [0.1, 0.15) is 5.78 Å². The fourth-order valence-electron chi connectivity index (χ4n) is 3.46. The van der Waals surface area contributed by atoms with E-state index in [2.05, 4.69) is 30.6 Å². The average molecular weight is 266 g/mol. The Hall–Kier alpha value is -0.410. The number of carbonyl (C=O) groups excluding carboxylic acids is 1. The van der Waals surface area contributed by atoms with Crippen molar-refractivity contribution < 1.29 is 4.79 Å². The Labute approximate surface area is 118 Å². The van der Waals surface area contributed by atoms with Crippen molar-refractivity contribution in [2.75, 3.05) is 32.7 Å². The molecule has 3 atom stereocenters. The number of ketones is 1. The van der Waals surface area contributed by atoms with Gasteiger partial charge in [0, 0.05) is 51.1 Å². The molecule has 0 spiro atoms. The van der Waals surface area contributed by atoms with E-state index in [1.165, 1.54) is 19.5 Å². The Bertz CT molecular complexity index is 297. The molecular weight excluding hydrogens is 236 g/mol. The lowest BCUT2D eigenvalue weighted by molar-refractivity contribution is -0.126. The highest BCUT2D eigenvalue weighted by Gasteiger charge is 2.29. The number of nitrogens with zero attached hydrogens (tertiary/aromatic N) is 2. The molecule has 3 heteroatoms. The molecule has 2 rings (SSSR count). The number of hydrogen-bond donors (Lipinski definition) is 0. The fraction of sp³-hybridized carbons (Fsp3) is 0.938. The molecule has 0 N–H and O–H groups in total. The van der Waals surface area contributed by atoms with Crippen LogP contribution in [0.4, 0.5) is 0 Å². The molecule has 1 saturated heterocycles. The summed E-state index contributed by atoms with van der Waals surface area (Å²) in [5.74, 6) is 1.57. The van der Waals surface area contributed by atoms with Crippen LogP contribution in [0.15, 0.2) is 0 Å². The van der Waals surface area contributed by atoms with Crippen molar-refractivity contribution in [3.8, 4) is 0 Å². The summed E-state index contributed by atoms with van der Waals surface area (Å²) in [6, 6.07) is 0.707. The first-order chi connectivity index (χ1) is 9.10. The molecule has 0 aromatic carbocycles. The van der Waals surface area contributed by atoms with E-state index in [0.29, 0.717) is 17.7 Å². The predicted molar refractivity (Wildman–Crippen MR) is 79.3 cm³/mol. The molecule has 110 valence electrons. The van der Waals surface area contributed by atoms with E-state index in [0.717, 1.165) is 44.8 Å². The van der Waals surface area contributed by atoms with Crippen LogP contribution >= 0.6 is 0 Å². The summed E-state index contributed by atoms with van der Waals surface area (Å²) in [5.41, 5.74) is 0. The Balaban J connectivity index is 1.77. The van der Waals surface area contributed by atoms with Crippen LogP contribution in [-0.2, 0) is 4.79 Å². The summed E-state index contributed by atoms with van der Waals surface area (Å²) in [4.78, 5) is 17.1. The first-order valence-corrected chi connectivity index (χ1v) is 8.09. The zero-order valence-electron chi connectivity index (χ0n) is 12.9. The van der Waals surface area contributed by atoms with Crippen molar-refractivity contribution in [3.63, 3.8) is 0 Å². The smallest absolute Gasteiger partial charge is 0.137 e. The molecule has 0 radical (unpaired) electrons. The minimum atomic E-state index is 0.318. The van der Waals surface area contributed by atoms with Crippen molar-refractivity contribution in [1.29, 1.82) is 0 Å². The van der Waals surface area contributed by atoms with Gasteiger partial charge < -0.3 is 4.90 Å². The highest BCUT2D eigenvalue weighted by Crippen LogP contribution is 2.27. The van der Waals surface area contributed by atoms with Crippen LogP contribution in [0.5, 0.6) is 0 Å². The Morgan fingerprint density at radius 1 is 1.26 bits per heavy atom. The number of Topliss-reactive ketones (excluding diaryl/α,β-unsaturated/α-hetero) is 1. The molecule has 0 amide bonds. The molecular formula is C16H30N2O. The molecule has 1 aliphatic carbocycles. The molecule has 3 nitrogen and oxygen atoms in total. The van der Waals surface area contributed by atoms with Crippen LogP contribution in [0, 0.1) is 11.8 Å². The maximum atomic E-state index is 12.0. The third-order valence-corrected chi connectivity index (χ3v) is 5.13. The van der Waals surface area contributed by atoms with Gasteiger partial charge in [0.2, 0.25) is 0 Å². The Kier molecular flexibility index (Phi) is 5.40. The zero-order valence-corrected chi connectivity index (χ0v) is 12.9. The third kappa shape index (κ3) is 4.03. The van der Waals surface area contributed by atoms with Crippen molar-refractivity contribution in [2.24, 2.45) is 11.8 Å². The number of hydrogen-bond acceptors (Lipinski definition) is 3. The van der Waals surface area contributed by atoms with Gasteiger partial charge in [-0.15, -0.1) is 0 Å². The molecule has 1 saturated carbocycles. The lowest BCUT2D eigenvalue weighted by Gasteiger charge is -2.39. The highest BCUT2D eigenvalue weighted by molar-refractivity contribution is 5.81. The van der Waals surface area contributed by atoms with Crippen LogP contribution < -0.4 is 0 Å². The van der Waals surface area contributed by atoms with E-state index >= 15 is 0 Å². The average Bonchev–Trinajstić information content (AvgIpc) is 2.43. The van der Waals surface area contributed by atoms with Gasteiger partial charge in [0.05, 0.1) is 0 Å². The molecule has 0 aromatic rings. The largest absolute Gasteiger partial charge is 0.300 e. The molecule has 1 aliphatic heterocycles. The molecule has 0 aromatic heterocycles. The normalized spacial score (nSPS) is 32.5. The van der Waals surface area contributed by atoms with E-state index in [-0.39, 0.29) is 0 Å². The van der Waals surface area contributed by atoms with Gasteiger partial charge >= 0.3 is 0 Å². The minimum absolute atomic E-state index is 0.318. The Morgan fingerprint density at radius 2 is 1.95 bits per heavy atom. The summed E-state index contributed by atoms with van der Waals surface area (Å²) in [6.45, 7) is 12.5. The third-order valence-electron chi connectivity index (χ3n) is 5.13. The van der Waals surface area contributed by atoms with Gasteiger partial charge in [-0.05, 0) is 32.1 Å². The number of rotatable bonds is 4. The molecule has 2 aliphatic rings. The lowest BCUT2D eigenvalue weighted by atomic mass is 9.81. The first-order valence-electron chi connectivity index (χ1n) is 8.09. The molecule has 0 bridgehead atoms. The SMILES string of the molecule is CCC(C)N1CCN(CC2CC(C)CCC2=O)CC1. The monoisotopic (exact) mass is 266 g/mol. The van der Waals surface area contributed by atoms with E-state index < -0.39 is 0 Å². The van der Waals surface area contributed by atoms with Gasteiger partial charge in [-0.3, -0.25) is 9.69 Å². The first kappa shape index (κ1) is 15.0. The van der Waals surface area contributed by atoms with E-state index in [1.807, 2.05) is 0 Å². The minimum Gasteiger partial charge on any atom is -0.300 e. The van der Waals surface area contributed by atoms with Crippen LogP contribution in [0.3, 0.4) is 0 Å². The topological polar surface area (TPSA) is 23.6 Å². The second-order valence-corrected chi connectivity index (χ2v) is 6.64. The van der Waals surface area contributed by atoms with Gasteiger partial charge in [0.25, 0.3) is 0 Å². The summed E-state index contributed by atoms with van der Waals surface area (Å²) < 4.78 is 0. The summed E-state index contributed by atoms with van der Waals surface area (Å²) in [7, 11) is 0. The van der Waals surface area contributed by atoms with Gasteiger partial charge in [-0.25, -0.2) is 0 Å². The molecule has 3 unspecified atom stereocenters. The fourth-order valence-corrected chi connectivity index (χ4v) is 3.46. The maximum absolute atomic E-state index is 12.0. The summed E-state index contributed by atoms with van der Waals surface area (Å²) in [5, 5.41) is 0. The van der Waals surface area contributed by atoms with Crippen LogP contribution in [-0.4, -0.2) is 54.3 Å². The van der Waals surface area contributed by atoms with Crippen LogP contribution in [0.25, 0.3) is 0 Å². The van der Waals surface area contributed by atoms with E-state index in [4.69, 9.17) is 0 Å². The maximum Gasteiger partial charge on any atom is 0.137 e. The quantitative estimate of drug-likeness (QED) is 0.781. The van der Waals surface area contributed by atoms with Gasteiger partial charge in [-0.2, -0.15) is 0 Å². The number of carbonyl (C=O) groups is 1. The second kappa shape index (κ2) is 6.85. The van der Waals surface area contributed by atoms with E-state index in [1.54, 1.807) is 0 Å². The van der Waals surface area contributed by atoms with Crippen molar-refractivity contribution >= 4 is 5.78 Å². The summed E-state index contributed by atoms with van der Waals surface area (Å²) in [6.07, 6.45) is 4.28. The van der Waals surface area contributed by atoms with Crippen molar-refractivity contribution in [3.05, 3.63) is 0 Å². The second-order valence-electron chi connectivity index (χ2n) is 6.64. The van der Waals surface area contributed by atoms with Gasteiger partial charge in [-0.1, -0.05) is 13.8 Å². The Morgan fingerprint density at radius 3 is 2.58 bits per heavy atom. The zero-order chi connectivity index (χ0) is 13.8. The van der Waals surface area contributed by atoms with Crippen molar-refractivity contribution in [1.82, 2.24) is 9.80 Å². The standard InChI is InChI=1S/C16H30N2O/c1-4-14(3)18-9-7-17(8-10-18)12-15-11-13(2)5-6-16(15)19/h13-15H,4-12H2,1-3H3. The van der Waals surface area contributed by atoms with Gasteiger partial charge in [0.15, 0.2) is 0 Å². The molecule has 19 heavy (non-hydrogen) atoms. The summed E-state index contributed by atoms with van der Waals surface area (Å²) >= 11 is 0. The molecule has 1 heterocycles. The predicted octanol–water partition coefficient (Wildman–Crippen LogP) is 2.41. The van der Waals surface area contributed by atoms with Crippen molar-refractivity contribution in [2.45, 2.75) is 52.5 Å². The highest BCUT2D eigenvalue weighted by atomic mass is 16.1. The van der Waals surface area contributed by atoms with Crippen LogP contribution in [0.2, 0.25) is 0 Å². The van der Waals surface area contributed by atoms with Crippen LogP contribution in [0.1, 0.15) is 46.5 Å². The lowest BCUT2D eigenvalue weighted by Crippen LogP contribution is -2.51. The molecule has 2 fully saturated rings. The number of piperazine rings is 1.